The second-order valence-corrected chi connectivity index (χ2v) is 6.58. The van der Waals surface area contributed by atoms with Gasteiger partial charge in [-0.15, -0.1) is 0 Å². The van der Waals surface area contributed by atoms with Crippen LogP contribution in [0.25, 0.3) is 0 Å². The molecule has 0 spiro atoms. The van der Waals surface area contributed by atoms with Crippen LogP contribution in [0.15, 0.2) is 54.5 Å². The molecule has 2 aromatic heterocycles. The van der Waals surface area contributed by atoms with Crippen molar-refractivity contribution in [2.24, 2.45) is 0 Å². The fourth-order valence-corrected chi connectivity index (χ4v) is 3.04. The van der Waals surface area contributed by atoms with Crippen LogP contribution in [0.3, 0.4) is 0 Å². The third-order valence-corrected chi connectivity index (χ3v) is 4.57. The predicted molar refractivity (Wildman–Crippen MR) is 103 cm³/mol. The van der Waals surface area contributed by atoms with Crippen molar-refractivity contribution in [1.82, 2.24) is 20.6 Å². The standard InChI is InChI=1S/C21H24N4O2/c26-20(24-12-8-16-4-2-1-3-5-16)18-9-13-23-19(14-18)21(27)25-15-17-6-10-22-11-7-17/h4,6-7,9-11,13-14H,1-3,5,8,12,15H2,(H,24,26)(H,25,27). The van der Waals surface area contributed by atoms with E-state index >= 15 is 0 Å². The van der Waals surface area contributed by atoms with Crippen LogP contribution in [0.2, 0.25) is 0 Å². The van der Waals surface area contributed by atoms with E-state index in [4.69, 9.17) is 0 Å². The van der Waals surface area contributed by atoms with Crippen molar-refractivity contribution in [1.29, 1.82) is 0 Å². The van der Waals surface area contributed by atoms with Gasteiger partial charge in [0.15, 0.2) is 0 Å². The summed E-state index contributed by atoms with van der Waals surface area (Å²) in [6, 6.07) is 6.81. The van der Waals surface area contributed by atoms with Gasteiger partial charge in [0.25, 0.3) is 11.8 Å². The molecule has 3 rings (SSSR count). The minimum Gasteiger partial charge on any atom is -0.352 e. The zero-order chi connectivity index (χ0) is 18.9. The van der Waals surface area contributed by atoms with E-state index in [2.05, 4.69) is 26.7 Å². The van der Waals surface area contributed by atoms with Crippen molar-refractivity contribution >= 4 is 11.8 Å². The van der Waals surface area contributed by atoms with Gasteiger partial charge >= 0.3 is 0 Å². The summed E-state index contributed by atoms with van der Waals surface area (Å²) in [7, 11) is 0. The molecule has 0 aliphatic heterocycles. The summed E-state index contributed by atoms with van der Waals surface area (Å²) in [4.78, 5) is 32.6. The Hall–Kier alpha value is -3.02. The molecule has 2 amide bonds. The van der Waals surface area contributed by atoms with E-state index in [0.29, 0.717) is 18.7 Å². The van der Waals surface area contributed by atoms with Crippen molar-refractivity contribution in [2.75, 3.05) is 6.54 Å². The number of nitrogens with zero attached hydrogens (tertiary/aromatic N) is 2. The van der Waals surface area contributed by atoms with Crippen LogP contribution in [0.1, 0.15) is 58.5 Å². The van der Waals surface area contributed by atoms with Gasteiger partial charge in [0, 0.05) is 37.2 Å². The van der Waals surface area contributed by atoms with Crippen molar-refractivity contribution in [2.45, 2.75) is 38.6 Å². The average Bonchev–Trinajstić information content (AvgIpc) is 2.73. The molecule has 140 valence electrons. The van der Waals surface area contributed by atoms with Gasteiger partial charge in [0.1, 0.15) is 5.69 Å². The quantitative estimate of drug-likeness (QED) is 0.740. The first kappa shape index (κ1) is 18.8. The molecular formula is C21H24N4O2. The third kappa shape index (κ3) is 5.74. The van der Waals surface area contributed by atoms with Crippen LogP contribution >= 0.6 is 0 Å². The fraction of sp³-hybridized carbons (Fsp3) is 0.333. The summed E-state index contributed by atoms with van der Waals surface area (Å²) >= 11 is 0. The Bertz CT molecular complexity index is 818. The van der Waals surface area contributed by atoms with Gasteiger partial charge in [0.2, 0.25) is 0 Å². The van der Waals surface area contributed by atoms with E-state index in [-0.39, 0.29) is 17.5 Å². The molecule has 0 saturated heterocycles. The molecule has 2 N–H and O–H groups in total. The third-order valence-electron chi connectivity index (χ3n) is 4.57. The van der Waals surface area contributed by atoms with Crippen LogP contribution in [0, 0.1) is 0 Å². The first-order valence-corrected chi connectivity index (χ1v) is 9.31. The van der Waals surface area contributed by atoms with E-state index in [0.717, 1.165) is 24.8 Å². The van der Waals surface area contributed by atoms with E-state index < -0.39 is 0 Å². The lowest BCUT2D eigenvalue weighted by molar-refractivity contribution is 0.0946. The molecule has 1 aliphatic carbocycles. The molecule has 1 aliphatic rings. The Balaban J connectivity index is 1.51. The van der Waals surface area contributed by atoms with Gasteiger partial charge in [-0.2, -0.15) is 0 Å². The van der Waals surface area contributed by atoms with Crippen LogP contribution in [-0.4, -0.2) is 28.3 Å². The summed E-state index contributed by atoms with van der Waals surface area (Å²) in [5.41, 5.74) is 3.04. The second-order valence-electron chi connectivity index (χ2n) is 6.58. The van der Waals surface area contributed by atoms with Gasteiger partial charge in [-0.1, -0.05) is 11.6 Å². The molecule has 6 heteroatoms. The van der Waals surface area contributed by atoms with E-state index in [1.165, 1.54) is 30.7 Å². The summed E-state index contributed by atoms with van der Waals surface area (Å²) < 4.78 is 0. The monoisotopic (exact) mass is 364 g/mol. The minimum atomic E-state index is -0.311. The zero-order valence-corrected chi connectivity index (χ0v) is 15.3. The Morgan fingerprint density at radius 1 is 1.00 bits per heavy atom. The molecule has 0 unspecified atom stereocenters. The van der Waals surface area contributed by atoms with Crippen LogP contribution < -0.4 is 10.6 Å². The molecule has 0 fully saturated rings. The summed E-state index contributed by atoms with van der Waals surface area (Å²) in [6.07, 6.45) is 12.8. The van der Waals surface area contributed by atoms with Gasteiger partial charge in [0.05, 0.1) is 0 Å². The lowest BCUT2D eigenvalue weighted by atomic mass is 9.97. The summed E-state index contributed by atoms with van der Waals surface area (Å²) in [5.74, 6) is -0.495. The highest BCUT2D eigenvalue weighted by molar-refractivity contribution is 5.98. The first-order chi connectivity index (χ1) is 13.2. The number of rotatable bonds is 7. The van der Waals surface area contributed by atoms with Crippen LogP contribution in [0.4, 0.5) is 0 Å². The van der Waals surface area contributed by atoms with E-state index in [1.54, 1.807) is 18.5 Å². The minimum absolute atomic E-state index is 0.183. The maximum atomic E-state index is 12.3. The van der Waals surface area contributed by atoms with Gasteiger partial charge in [-0.05, 0) is 61.9 Å². The van der Waals surface area contributed by atoms with Gasteiger partial charge < -0.3 is 10.6 Å². The molecule has 0 aromatic carbocycles. The highest BCUT2D eigenvalue weighted by atomic mass is 16.2. The van der Waals surface area contributed by atoms with Crippen molar-refractivity contribution in [3.63, 3.8) is 0 Å². The maximum absolute atomic E-state index is 12.3. The smallest absolute Gasteiger partial charge is 0.270 e. The molecule has 2 aromatic rings. The largest absolute Gasteiger partial charge is 0.352 e. The van der Waals surface area contributed by atoms with Crippen LogP contribution in [-0.2, 0) is 6.54 Å². The lowest BCUT2D eigenvalue weighted by Gasteiger charge is -2.13. The summed E-state index contributed by atoms with van der Waals surface area (Å²) in [5, 5.41) is 5.72. The number of allylic oxidation sites excluding steroid dienone is 1. The number of hydrogen-bond acceptors (Lipinski definition) is 4. The number of amides is 2. The first-order valence-electron chi connectivity index (χ1n) is 9.31. The van der Waals surface area contributed by atoms with Crippen LogP contribution in [0.5, 0.6) is 0 Å². The number of aromatic nitrogens is 2. The fourth-order valence-electron chi connectivity index (χ4n) is 3.04. The van der Waals surface area contributed by atoms with Gasteiger partial charge in [-0.25, -0.2) is 0 Å². The number of hydrogen-bond donors (Lipinski definition) is 2. The number of carbonyl (C=O) groups excluding carboxylic acids is 2. The van der Waals surface area contributed by atoms with Crippen molar-refractivity contribution in [3.05, 3.63) is 71.3 Å². The lowest BCUT2D eigenvalue weighted by Crippen LogP contribution is -2.27. The summed E-state index contributed by atoms with van der Waals surface area (Å²) in [6.45, 7) is 0.991. The van der Waals surface area contributed by atoms with Crippen molar-refractivity contribution < 1.29 is 9.59 Å². The Labute approximate surface area is 159 Å². The highest BCUT2D eigenvalue weighted by Gasteiger charge is 2.12. The molecule has 0 radical (unpaired) electrons. The second kappa shape index (κ2) is 9.62. The Morgan fingerprint density at radius 2 is 1.85 bits per heavy atom. The number of nitrogens with one attached hydrogen (secondary N) is 2. The van der Waals surface area contributed by atoms with E-state index in [9.17, 15) is 9.59 Å². The number of pyridine rings is 2. The average molecular weight is 364 g/mol. The molecule has 0 atom stereocenters. The Morgan fingerprint density at radius 3 is 2.63 bits per heavy atom. The van der Waals surface area contributed by atoms with Gasteiger partial charge in [-0.3, -0.25) is 19.6 Å². The zero-order valence-electron chi connectivity index (χ0n) is 15.3. The number of carbonyl (C=O) groups is 2. The molecule has 0 bridgehead atoms. The maximum Gasteiger partial charge on any atom is 0.270 e. The molecule has 6 nitrogen and oxygen atoms in total. The molecular weight excluding hydrogens is 340 g/mol. The molecule has 2 heterocycles. The van der Waals surface area contributed by atoms with E-state index in [1.807, 2.05) is 12.1 Å². The highest BCUT2D eigenvalue weighted by Crippen LogP contribution is 2.19. The SMILES string of the molecule is O=C(NCCC1=CCCCC1)c1ccnc(C(=O)NCc2ccncc2)c1. The molecule has 27 heavy (non-hydrogen) atoms. The molecule has 0 saturated carbocycles. The topological polar surface area (TPSA) is 84.0 Å². The normalized spacial score (nSPS) is 13.6. The van der Waals surface area contributed by atoms with Crippen molar-refractivity contribution in [3.8, 4) is 0 Å². The predicted octanol–water partition coefficient (Wildman–Crippen LogP) is 3.03. The Kier molecular flexibility index (Phi) is 6.68.